The third-order valence-corrected chi connectivity index (χ3v) is 6.22. The first-order valence-electron chi connectivity index (χ1n) is 4.39. The topological polar surface area (TPSA) is 79.6 Å². The second-order valence-electron chi connectivity index (χ2n) is 3.48. The van der Waals surface area contributed by atoms with Gasteiger partial charge in [-0.1, -0.05) is 0 Å². The van der Waals surface area contributed by atoms with E-state index >= 15 is 0 Å². The molecule has 0 fully saturated rings. The van der Waals surface area contributed by atoms with Gasteiger partial charge in [-0.05, 0) is 51.7 Å². The maximum atomic E-state index is 8.56. The summed E-state index contributed by atoms with van der Waals surface area (Å²) < 4.78 is 10.9. The van der Waals surface area contributed by atoms with Crippen LogP contribution in [0.4, 0.5) is 4.79 Å². The predicted octanol–water partition coefficient (Wildman–Crippen LogP) is 1.63. The van der Waals surface area contributed by atoms with Gasteiger partial charge in [-0.25, -0.2) is 9.31 Å². The van der Waals surface area contributed by atoms with Gasteiger partial charge in [0, 0.05) is 0 Å². The minimum atomic E-state index is -1.83. The third-order valence-electron chi connectivity index (χ3n) is 1.76. The molecule has 9 heteroatoms. The summed E-state index contributed by atoms with van der Waals surface area (Å²) in [5.74, 6) is 0. The van der Waals surface area contributed by atoms with Crippen molar-refractivity contribution in [3.8, 4) is 0 Å². The molecule has 0 aliphatic heterocycles. The van der Waals surface area contributed by atoms with E-state index in [2.05, 4.69) is 70.2 Å². The molecule has 0 aliphatic carbocycles. The molecule has 1 atom stereocenters. The van der Waals surface area contributed by atoms with E-state index in [9.17, 15) is 0 Å². The van der Waals surface area contributed by atoms with Crippen LogP contribution in [-0.4, -0.2) is 72.7 Å². The van der Waals surface area contributed by atoms with E-state index in [-0.39, 0.29) is 0 Å². The van der Waals surface area contributed by atoms with Crippen molar-refractivity contribution in [1.82, 2.24) is 14.0 Å². The first kappa shape index (κ1) is 18.2. The molecule has 7 nitrogen and oxygen atoms in total. The Labute approximate surface area is 99.5 Å². The number of rotatable bonds is 3. The molecule has 16 heavy (non-hydrogen) atoms. The number of carboxylic acid groups (broad SMARTS) is 2. The van der Waals surface area contributed by atoms with Crippen molar-refractivity contribution >= 4 is 23.1 Å². The van der Waals surface area contributed by atoms with Crippen molar-refractivity contribution < 1.29 is 15.0 Å². The molecule has 0 heterocycles. The second kappa shape index (κ2) is 7.98. The van der Waals surface area contributed by atoms with Crippen molar-refractivity contribution in [1.29, 1.82) is 0 Å². The Morgan fingerprint density at radius 2 is 1.19 bits per heavy atom. The van der Waals surface area contributed by atoms with Gasteiger partial charge in [0.2, 0.25) is 0 Å². The molecule has 2 N–H and O–H groups in total. The zero-order valence-electron chi connectivity index (χ0n) is 10.6. The zero-order valence-corrected chi connectivity index (χ0v) is 12.7. The van der Waals surface area contributed by atoms with Crippen molar-refractivity contribution in [2.45, 2.75) is 0 Å². The van der Waals surface area contributed by atoms with E-state index in [1.54, 1.807) is 0 Å². The van der Waals surface area contributed by atoms with Crippen LogP contribution in [0, 0.1) is 0 Å². The largest absolute Gasteiger partial charge is 0.503 e. The van der Waals surface area contributed by atoms with Crippen LogP contribution in [0.5, 0.6) is 0 Å². The average Bonchev–Trinajstić information content (AvgIpc) is 2.02. The van der Waals surface area contributed by atoms with Crippen molar-refractivity contribution in [3.05, 3.63) is 0 Å². The Morgan fingerprint density at radius 3 is 1.19 bits per heavy atom. The molecular formula is C7H22N4O3P2. The molecule has 0 aliphatic rings. The quantitative estimate of drug-likeness (QED) is 0.760. The second-order valence-corrected chi connectivity index (χ2v) is 7.87. The Hall–Kier alpha value is -0.190. The first-order valence-corrected chi connectivity index (χ1v) is 6.51. The van der Waals surface area contributed by atoms with E-state index in [0.717, 1.165) is 0 Å². The van der Waals surface area contributed by atoms with Crippen molar-refractivity contribution in [2.75, 3.05) is 42.3 Å². The highest BCUT2D eigenvalue weighted by atomic mass is 31.2. The molecule has 0 saturated carbocycles. The SMILES string of the molecule is CN(C)P(=NP)(N(C)C)N(C)C.O=C(O)O. The lowest BCUT2D eigenvalue weighted by molar-refractivity contribution is 0.137. The first-order chi connectivity index (χ1) is 7.12. The Kier molecular flexibility index (Phi) is 9.07. The summed E-state index contributed by atoms with van der Waals surface area (Å²) in [5, 5.41) is 13.9. The fourth-order valence-electron chi connectivity index (χ4n) is 1.38. The summed E-state index contributed by atoms with van der Waals surface area (Å²) in [5.41, 5.74) is 0. The molecule has 0 saturated heterocycles. The molecular weight excluding hydrogens is 250 g/mol. The van der Waals surface area contributed by atoms with Gasteiger partial charge in [0.05, 0.1) is 0 Å². The molecule has 98 valence electrons. The van der Waals surface area contributed by atoms with Crippen LogP contribution in [0.3, 0.4) is 0 Å². The van der Waals surface area contributed by atoms with Gasteiger partial charge in [0.15, 0.2) is 7.51 Å². The highest BCUT2D eigenvalue weighted by Gasteiger charge is 2.26. The molecule has 0 aromatic heterocycles. The van der Waals surface area contributed by atoms with E-state index in [0.29, 0.717) is 0 Å². The summed E-state index contributed by atoms with van der Waals surface area (Å²) in [6.07, 6.45) is -1.83. The lowest BCUT2D eigenvalue weighted by atomic mass is 11.2. The van der Waals surface area contributed by atoms with Gasteiger partial charge < -0.3 is 10.2 Å². The Balaban J connectivity index is 0. The Morgan fingerprint density at radius 1 is 1.00 bits per heavy atom. The number of carbonyl (C=O) groups is 1. The zero-order chi connectivity index (χ0) is 13.5. The number of nitrogens with zero attached hydrogens (tertiary/aromatic N) is 4. The van der Waals surface area contributed by atoms with Crippen molar-refractivity contribution in [2.24, 2.45) is 4.52 Å². The Bertz CT molecular complexity index is 236. The summed E-state index contributed by atoms with van der Waals surface area (Å²) in [7, 11) is 13.2. The van der Waals surface area contributed by atoms with Crippen LogP contribution < -0.4 is 0 Å². The van der Waals surface area contributed by atoms with Gasteiger partial charge in [0.1, 0.15) is 0 Å². The molecule has 1 unspecified atom stereocenters. The molecule has 0 radical (unpaired) electrons. The standard InChI is InChI=1S/C6H20N4P2.CH2O3/c1-8(2)12(7-11,9(3)4)10(5)6;2-1(3)4/h11H2,1-6H3;(H2,2,3,4). The van der Waals surface area contributed by atoms with Gasteiger partial charge in [-0.2, -0.15) is 0 Å². The van der Waals surface area contributed by atoms with Crippen LogP contribution >= 0.6 is 16.9 Å². The van der Waals surface area contributed by atoms with Crippen LogP contribution in [0.25, 0.3) is 0 Å². The average molecular weight is 272 g/mol. The number of hydrogen-bond donors (Lipinski definition) is 2. The maximum Gasteiger partial charge on any atom is 0.503 e. The molecule has 0 spiro atoms. The van der Waals surface area contributed by atoms with Gasteiger partial charge in [-0.3, -0.25) is 14.0 Å². The van der Waals surface area contributed by atoms with Gasteiger partial charge in [-0.15, -0.1) is 0 Å². The highest BCUT2D eigenvalue weighted by molar-refractivity contribution is 7.61. The maximum absolute atomic E-state index is 8.56. The van der Waals surface area contributed by atoms with E-state index in [4.69, 9.17) is 15.0 Å². The fraction of sp³-hybridized carbons (Fsp3) is 0.857. The third kappa shape index (κ3) is 5.23. The normalized spacial score (nSPS) is 11.4. The van der Waals surface area contributed by atoms with Gasteiger partial charge in [0.25, 0.3) is 0 Å². The van der Waals surface area contributed by atoms with E-state index in [1.807, 2.05) is 0 Å². The molecule has 0 aromatic carbocycles. The molecule has 0 bridgehead atoms. The summed E-state index contributed by atoms with van der Waals surface area (Å²) in [6, 6.07) is 0. The summed E-state index contributed by atoms with van der Waals surface area (Å²) in [6.45, 7) is 0. The summed E-state index contributed by atoms with van der Waals surface area (Å²) in [4.78, 5) is 8.56. The lowest BCUT2D eigenvalue weighted by Crippen LogP contribution is -2.30. The highest BCUT2D eigenvalue weighted by Crippen LogP contribution is 2.55. The van der Waals surface area contributed by atoms with E-state index in [1.165, 1.54) is 0 Å². The van der Waals surface area contributed by atoms with E-state index < -0.39 is 13.7 Å². The fourth-order valence-corrected chi connectivity index (χ4v) is 6.01. The minimum Gasteiger partial charge on any atom is -0.450 e. The predicted molar refractivity (Wildman–Crippen MR) is 70.8 cm³/mol. The van der Waals surface area contributed by atoms with Crippen LogP contribution in [0.2, 0.25) is 0 Å². The van der Waals surface area contributed by atoms with Crippen molar-refractivity contribution in [3.63, 3.8) is 0 Å². The minimum absolute atomic E-state index is 1.60. The molecule has 0 aromatic rings. The van der Waals surface area contributed by atoms with Crippen LogP contribution in [-0.2, 0) is 0 Å². The van der Waals surface area contributed by atoms with Crippen LogP contribution in [0.1, 0.15) is 0 Å². The number of hydrogen-bond acceptors (Lipinski definition) is 2. The monoisotopic (exact) mass is 272 g/mol. The van der Waals surface area contributed by atoms with Crippen LogP contribution in [0.15, 0.2) is 4.52 Å². The molecule has 0 amide bonds. The molecule has 0 rings (SSSR count). The van der Waals surface area contributed by atoms with Gasteiger partial charge >= 0.3 is 6.16 Å². The lowest BCUT2D eigenvalue weighted by Gasteiger charge is -2.40. The summed E-state index contributed by atoms with van der Waals surface area (Å²) >= 11 is 0. The smallest absolute Gasteiger partial charge is 0.450 e.